The molecule has 210 valence electrons. The fourth-order valence-electron chi connectivity index (χ4n) is 6.23. The molecular formula is C41H25N3O. The lowest BCUT2D eigenvalue weighted by atomic mass is 9.93. The summed E-state index contributed by atoms with van der Waals surface area (Å²) in [6.45, 7) is 0. The highest BCUT2D eigenvalue weighted by Gasteiger charge is 2.20. The fourth-order valence-corrected chi connectivity index (χ4v) is 6.23. The molecule has 0 fully saturated rings. The predicted octanol–water partition coefficient (Wildman–Crippen LogP) is 10.6. The molecule has 8 aromatic rings. The van der Waals surface area contributed by atoms with Gasteiger partial charge >= 0.3 is 0 Å². The third-order valence-corrected chi connectivity index (χ3v) is 8.51. The molecule has 1 aliphatic rings. The van der Waals surface area contributed by atoms with Crippen molar-refractivity contribution in [3.05, 3.63) is 152 Å². The van der Waals surface area contributed by atoms with Crippen molar-refractivity contribution in [2.45, 2.75) is 0 Å². The molecule has 0 atom stereocenters. The number of rotatable bonds is 4. The molecule has 7 aromatic carbocycles. The number of fused-ring (bicyclic) bond motifs is 3. The maximum absolute atomic E-state index is 6.41. The van der Waals surface area contributed by atoms with E-state index in [1.54, 1.807) is 0 Å². The number of hydrogen-bond donors (Lipinski definition) is 0. The summed E-state index contributed by atoms with van der Waals surface area (Å²) in [5.74, 6) is 3.70. The number of hydrogen-bond acceptors (Lipinski definition) is 4. The van der Waals surface area contributed by atoms with Crippen LogP contribution in [0.1, 0.15) is 0 Å². The van der Waals surface area contributed by atoms with Crippen molar-refractivity contribution in [3.8, 4) is 67.9 Å². The molecule has 0 saturated heterocycles. The van der Waals surface area contributed by atoms with E-state index in [1.807, 2.05) is 42.5 Å². The first-order chi connectivity index (χ1) is 22.3. The normalized spacial score (nSPS) is 11.7. The molecule has 0 aliphatic carbocycles. The maximum atomic E-state index is 6.41. The summed E-state index contributed by atoms with van der Waals surface area (Å²) in [7, 11) is 0. The minimum atomic E-state index is 0.636. The predicted molar refractivity (Wildman–Crippen MR) is 182 cm³/mol. The van der Waals surface area contributed by atoms with E-state index in [9.17, 15) is 0 Å². The van der Waals surface area contributed by atoms with Crippen molar-refractivity contribution in [2.24, 2.45) is 0 Å². The van der Waals surface area contributed by atoms with E-state index >= 15 is 0 Å². The van der Waals surface area contributed by atoms with Crippen LogP contribution in [0.15, 0.2) is 152 Å². The average molecular weight is 576 g/mol. The second kappa shape index (κ2) is 10.2. The van der Waals surface area contributed by atoms with Gasteiger partial charge in [0.1, 0.15) is 11.5 Å². The van der Waals surface area contributed by atoms with Gasteiger partial charge in [-0.05, 0) is 57.1 Å². The van der Waals surface area contributed by atoms with E-state index in [4.69, 9.17) is 19.7 Å². The molecule has 1 aromatic heterocycles. The summed E-state index contributed by atoms with van der Waals surface area (Å²) in [6, 6.07) is 52.2. The number of nitrogens with zero attached hydrogens (tertiary/aromatic N) is 3. The lowest BCUT2D eigenvalue weighted by Crippen LogP contribution is -2.00. The minimum absolute atomic E-state index is 0.636. The standard InChI is InChI=1S/C41H25N3O/c1-2-9-29(10-3-1)39-42-40(44-41(43-39)33-21-18-26-8-4-5-11-31(26)24-33)30-19-16-27(17-20-30)32-22-23-34-35-14-6-12-28-13-7-15-36(38(28)35)45-37(34)25-32/h1-25H. The van der Waals surface area contributed by atoms with Crippen LogP contribution in [0, 0.1) is 0 Å². The molecule has 2 heterocycles. The third-order valence-electron chi connectivity index (χ3n) is 8.51. The quantitative estimate of drug-likeness (QED) is 0.209. The molecule has 4 nitrogen and oxygen atoms in total. The van der Waals surface area contributed by atoms with Crippen LogP contribution >= 0.6 is 0 Å². The molecule has 0 amide bonds. The average Bonchev–Trinajstić information content (AvgIpc) is 3.12. The van der Waals surface area contributed by atoms with Gasteiger partial charge in [0, 0.05) is 27.6 Å². The number of benzene rings is 7. The van der Waals surface area contributed by atoms with E-state index < -0.39 is 0 Å². The van der Waals surface area contributed by atoms with Gasteiger partial charge in [0.15, 0.2) is 17.5 Å². The molecule has 0 saturated carbocycles. The zero-order valence-electron chi connectivity index (χ0n) is 24.2. The van der Waals surface area contributed by atoms with E-state index in [0.29, 0.717) is 17.5 Å². The summed E-state index contributed by atoms with van der Waals surface area (Å²) >= 11 is 0. The third kappa shape index (κ3) is 4.43. The van der Waals surface area contributed by atoms with Crippen LogP contribution in [-0.2, 0) is 0 Å². The van der Waals surface area contributed by atoms with Gasteiger partial charge in [0.2, 0.25) is 0 Å². The molecule has 9 rings (SSSR count). The van der Waals surface area contributed by atoms with E-state index in [1.165, 1.54) is 21.7 Å². The Balaban J connectivity index is 1.10. The van der Waals surface area contributed by atoms with Gasteiger partial charge in [-0.25, -0.2) is 15.0 Å². The molecule has 0 radical (unpaired) electrons. The van der Waals surface area contributed by atoms with Crippen molar-refractivity contribution >= 4 is 21.5 Å². The molecule has 4 heteroatoms. The van der Waals surface area contributed by atoms with Gasteiger partial charge < -0.3 is 4.74 Å². The van der Waals surface area contributed by atoms with E-state index in [2.05, 4.69) is 109 Å². The Morgan fingerprint density at radius 1 is 0.333 bits per heavy atom. The Hall–Kier alpha value is -6.13. The Kier molecular flexibility index (Phi) is 5.78. The zero-order chi connectivity index (χ0) is 29.7. The van der Waals surface area contributed by atoms with Crippen LogP contribution in [0.3, 0.4) is 0 Å². The maximum Gasteiger partial charge on any atom is 0.164 e. The molecular weight excluding hydrogens is 550 g/mol. The largest absolute Gasteiger partial charge is 0.456 e. The monoisotopic (exact) mass is 575 g/mol. The number of aromatic nitrogens is 3. The summed E-state index contributed by atoms with van der Waals surface area (Å²) in [6.07, 6.45) is 0. The Morgan fingerprint density at radius 3 is 1.73 bits per heavy atom. The molecule has 1 aliphatic heterocycles. The minimum Gasteiger partial charge on any atom is -0.456 e. The first-order valence-electron chi connectivity index (χ1n) is 15.0. The Morgan fingerprint density at radius 2 is 0.933 bits per heavy atom. The van der Waals surface area contributed by atoms with Crippen molar-refractivity contribution in [3.63, 3.8) is 0 Å². The number of ether oxygens (including phenoxy) is 1. The molecule has 0 spiro atoms. The molecule has 0 unspecified atom stereocenters. The smallest absolute Gasteiger partial charge is 0.164 e. The first kappa shape index (κ1) is 25.4. The van der Waals surface area contributed by atoms with Gasteiger partial charge in [-0.15, -0.1) is 0 Å². The van der Waals surface area contributed by atoms with Gasteiger partial charge in [-0.1, -0.05) is 127 Å². The second-order valence-corrected chi connectivity index (χ2v) is 11.3. The van der Waals surface area contributed by atoms with Crippen molar-refractivity contribution < 1.29 is 4.74 Å². The van der Waals surface area contributed by atoms with Gasteiger partial charge in [-0.2, -0.15) is 0 Å². The van der Waals surface area contributed by atoms with Crippen LogP contribution in [0.2, 0.25) is 0 Å². The molecule has 0 bridgehead atoms. The summed E-state index contributed by atoms with van der Waals surface area (Å²) in [4.78, 5) is 14.8. The highest BCUT2D eigenvalue weighted by Crippen LogP contribution is 2.47. The van der Waals surface area contributed by atoms with E-state index in [0.717, 1.165) is 50.3 Å². The lowest BCUT2D eigenvalue weighted by molar-refractivity contribution is 0.487. The van der Waals surface area contributed by atoms with Crippen LogP contribution in [0.25, 0.3) is 78.0 Å². The fraction of sp³-hybridized carbons (Fsp3) is 0. The highest BCUT2D eigenvalue weighted by atomic mass is 16.5. The van der Waals surface area contributed by atoms with Crippen LogP contribution < -0.4 is 4.74 Å². The Bertz CT molecular complexity index is 2390. The topological polar surface area (TPSA) is 47.9 Å². The Labute approximate surface area is 260 Å². The lowest BCUT2D eigenvalue weighted by Gasteiger charge is -2.22. The van der Waals surface area contributed by atoms with Crippen LogP contribution in [-0.4, -0.2) is 15.0 Å². The highest BCUT2D eigenvalue weighted by molar-refractivity contribution is 6.04. The van der Waals surface area contributed by atoms with Gasteiger partial charge in [0.25, 0.3) is 0 Å². The van der Waals surface area contributed by atoms with Crippen molar-refractivity contribution in [2.75, 3.05) is 0 Å². The summed E-state index contributed by atoms with van der Waals surface area (Å²) in [5, 5.41) is 4.69. The summed E-state index contributed by atoms with van der Waals surface area (Å²) < 4.78 is 6.41. The summed E-state index contributed by atoms with van der Waals surface area (Å²) in [5.41, 5.74) is 7.33. The van der Waals surface area contributed by atoms with Crippen LogP contribution in [0.4, 0.5) is 0 Å². The van der Waals surface area contributed by atoms with Crippen molar-refractivity contribution in [1.82, 2.24) is 15.0 Å². The SMILES string of the molecule is c1ccc(-c2nc(-c3ccc(-c4ccc5c(c4)Oc4cccc6cccc-5c46)cc3)nc(-c3ccc4ccccc4c3)n2)cc1. The molecule has 45 heavy (non-hydrogen) atoms. The van der Waals surface area contributed by atoms with Gasteiger partial charge in [0.05, 0.1) is 0 Å². The second-order valence-electron chi connectivity index (χ2n) is 11.3. The van der Waals surface area contributed by atoms with Crippen molar-refractivity contribution in [1.29, 1.82) is 0 Å². The zero-order valence-corrected chi connectivity index (χ0v) is 24.2. The van der Waals surface area contributed by atoms with E-state index in [-0.39, 0.29) is 0 Å². The first-order valence-corrected chi connectivity index (χ1v) is 15.0. The van der Waals surface area contributed by atoms with Gasteiger partial charge in [-0.3, -0.25) is 0 Å². The molecule has 0 N–H and O–H groups in total. The van der Waals surface area contributed by atoms with Crippen LogP contribution in [0.5, 0.6) is 11.5 Å².